The number of thiazole rings is 2. The Bertz CT molecular complexity index is 1050. The molecule has 0 aliphatic rings. The lowest BCUT2D eigenvalue weighted by molar-refractivity contribution is 0.136. The highest BCUT2D eigenvalue weighted by Gasteiger charge is 2.15. The quantitative estimate of drug-likeness (QED) is 0.610. The summed E-state index contributed by atoms with van der Waals surface area (Å²) in [7, 11) is 0. The molecule has 24 heavy (non-hydrogen) atoms. The Hall–Kier alpha value is -2.22. The molecule has 122 valence electrons. The lowest BCUT2D eigenvalue weighted by atomic mass is 10.3. The molecule has 2 aromatic heterocycles. The van der Waals surface area contributed by atoms with E-state index in [4.69, 9.17) is 0 Å². The number of hydrogen-bond acceptors (Lipinski definition) is 5. The number of aromatic nitrogens is 2. The monoisotopic (exact) mass is 358 g/mol. The van der Waals surface area contributed by atoms with Gasteiger partial charge in [-0.15, -0.1) is 0 Å². The lowest BCUT2D eigenvalue weighted by Crippen LogP contribution is -2.29. The molecule has 0 bridgehead atoms. The summed E-state index contributed by atoms with van der Waals surface area (Å²) in [5.41, 5.74) is 1.63. The highest BCUT2D eigenvalue weighted by molar-refractivity contribution is 7.16. The van der Waals surface area contributed by atoms with Crippen LogP contribution in [0.3, 0.4) is 0 Å². The van der Waals surface area contributed by atoms with Crippen molar-refractivity contribution in [1.82, 2.24) is 9.13 Å². The zero-order valence-electron chi connectivity index (χ0n) is 12.6. The zero-order chi connectivity index (χ0) is 16.7. The van der Waals surface area contributed by atoms with Gasteiger partial charge in [0.1, 0.15) is 0 Å². The van der Waals surface area contributed by atoms with Crippen molar-refractivity contribution in [2.75, 3.05) is 0 Å². The predicted octanol–water partition coefficient (Wildman–Crippen LogP) is 2.50. The van der Waals surface area contributed by atoms with Crippen molar-refractivity contribution in [2.45, 2.75) is 19.2 Å². The normalized spacial score (nSPS) is 11.8. The third kappa shape index (κ3) is 2.60. The van der Waals surface area contributed by atoms with Gasteiger partial charge in [-0.3, -0.25) is 18.7 Å². The molecular weight excluding hydrogens is 344 g/mol. The number of hydrogen-bond donors (Lipinski definition) is 1. The summed E-state index contributed by atoms with van der Waals surface area (Å²) < 4.78 is 4.94. The van der Waals surface area contributed by atoms with Gasteiger partial charge in [0.05, 0.1) is 39.6 Å². The third-order valence-corrected chi connectivity index (χ3v) is 5.85. The molecule has 0 saturated carbocycles. The molecule has 0 saturated heterocycles. The summed E-state index contributed by atoms with van der Waals surface area (Å²) in [4.78, 5) is 24.1. The second-order valence-electron chi connectivity index (χ2n) is 5.55. The molecule has 2 aromatic carbocycles. The molecule has 4 rings (SSSR count). The van der Waals surface area contributed by atoms with Crippen molar-refractivity contribution in [3.05, 3.63) is 67.9 Å². The number of nitrogens with zero attached hydrogens (tertiary/aromatic N) is 2. The maximum atomic E-state index is 12.2. The SMILES string of the molecule is O=c1sc2ccccc2n1CC(O)Cn1c(=O)sc2ccccc21. The van der Waals surface area contributed by atoms with Crippen LogP contribution < -0.4 is 9.75 Å². The van der Waals surface area contributed by atoms with Gasteiger partial charge in [-0.2, -0.15) is 0 Å². The smallest absolute Gasteiger partial charge is 0.308 e. The Labute approximate surface area is 144 Å². The molecule has 4 aromatic rings. The molecule has 2 heterocycles. The van der Waals surface area contributed by atoms with Crippen molar-refractivity contribution in [3.8, 4) is 0 Å². The number of aliphatic hydroxyl groups excluding tert-OH is 1. The molecule has 0 aliphatic carbocycles. The number of para-hydroxylation sites is 2. The van der Waals surface area contributed by atoms with E-state index in [1.54, 1.807) is 9.13 Å². The molecule has 0 radical (unpaired) electrons. The summed E-state index contributed by atoms with van der Waals surface area (Å²) in [5, 5.41) is 10.5. The van der Waals surface area contributed by atoms with Crippen LogP contribution in [0.5, 0.6) is 0 Å². The molecule has 7 heteroatoms. The standard InChI is InChI=1S/C17H14N2O3S2/c20-11(9-18-12-5-1-3-7-14(12)23-16(18)21)10-19-13-6-2-4-8-15(13)24-17(19)22/h1-8,11,20H,9-10H2. The fourth-order valence-corrected chi connectivity index (χ4v) is 4.65. The zero-order valence-corrected chi connectivity index (χ0v) is 14.2. The van der Waals surface area contributed by atoms with E-state index in [9.17, 15) is 14.7 Å². The van der Waals surface area contributed by atoms with Crippen LogP contribution in [0, 0.1) is 0 Å². The number of rotatable bonds is 4. The molecular formula is C17H14N2O3S2. The first-order valence-electron chi connectivity index (χ1n) is 7.48. The van der Waals surface area contributed by atoms with Gasteiger partial charge in [-0.05, 0) is 24.3 Å². The van der Waals surface area contributed by atoms with Crippen molar-refractivity contribution in [2.24, 2.45) is 0 Å². The summed E-state index contributed by atoms with van der Waals surface area (Å²) >= 11 is 2.33. The van der Waals surface area contributed by atoms with E-state index in [0.717, 1.165) is 43.1 Å². The van der Waals surface area contributed by atoms with Gasteiger partial charge in [-0.1, -0.05) is 46.9 Å². The van der Waals surface area contributed by atoms with Crippen molar-refractivity contribution < 1.29 is 5.11 Å². The fraction of sp³-hybridized carbons (Fsp3) is 0.176. The number of aliphatic hydroxyl groups is 1. The Morgan fingerprint density at radius 1 is 0.792 bits per heavy atom. The van der Waals surface area contributed by atoms with Gasteiger partial charge in [0.15, 0.2) is 0 Å². The number of benzene rings is 2. The maximum absolute atomic E-state index is 12.2. The Kier molecular flexibility index (Phi) is 3.84. The van der Waals surface area contributed by atoms with Crippen LogP contribution in [0.15, 0.2) is 58.1 Å². The summed E-state index contributed by atoms with van der Waals surface area (Å²) in [6, 6.07) is 15.0. The number of fused-ring (bicyclic) bond motifs is 2. The van der Waals surface area contributed by atoms with Gasteiger partial charge >= 0.3 is 9.75 Å². The topological polar surface area (TPSA) is 64.2 Å². The third-order valence-electron chi connectivity index (χ3n) is 3.93. The summed E-state index contributed by atoms with van der Waals surface area (Å²) in [5.74, 6) is 0. The van der Waals surface area contributed by atoms with Crippen LogP contribution in [0.2, 0.25) is 0 Å². The molecule has 0 aliphatic heterocycles. The van der Waals surface area contributed by atoms with Gasteiger partial charge in [0.25, 0.3) is 0 Å². The van der Waals surface area contributed by atoms with E-state index in [2.05, 4.69) is 0 Å². The maximum Gasteiger partial charge on any atom is 0.308 e. The minimum atomic E-state index is -0.823. The Morgan fingerprint density at radius 3 is 1.67 bits per heavy atom. The van der Waals surface area contributed by atoms with Crippen LogP contribution in [-0.2, 0) is 13.1 Å². The van der Waals surface area contributed by atoms with E-state index in [1.165, 1.54) is 0 Å². The molecule has 1 N–H and O–H groups in total. The first-order chi connectivity index (χ1) is 11.6. The average molecular weight is 358 g/mol. The minimum absolute atomic E-state index is 0.0993. The van der Waals surface area contributed by atoms with Crippen LogP contribution in [0.25, 0.3) is 20.4 Å². The largest absolute Gasteiger partial charge is 0.389 e. The molecule has 0 spiro atoms. The van der Waals surface area contributed by atoms with Crippen molar-refractivity contribution in [1.29, 1.82) is 0 Å². The Balaban J connectivity index is 1.66. The van der Waals surface area contributed by atoms with Gasteiger partial charge < -0.3 is 5.11 Å². The van der Waals surface area contributed by atoms with Crippen molar-refractivity contribution >= 4 is 43.1 Å². The van der Waals surface area contributed by atoms with E-state index >= 15 is 0 Å². The van der Waals surface area contributed by atoms with Crippen molar-refractivity contribution in [3.63, 3.8) is 0 Å². The second kappa shape index (κ2) is 6.01. The molecule has 0 amide bonds. The summed E-state index contributed by atoms with van der Waals surface area (Å²) in [6.45, 7) is 0.332. The van der Waals surface area contributed by atoms with Crippen LogP contribution in [-0.4, -0.2) is 20.3 Å². The Morgan fingerprint density at radius 2 is 1.21 bits per heavy atom. The van der Waals surface area contributed by atoms with E-state index < -0.39 is 6.10 Å². The van der Waals surface area contributed by atoms with E-state index in [0.29, 0.717) is 0 Å². The van der Waals surface area contributed by atoms with E-state index in [1.807, 2.05) is 48.5 Å². The molecule has 0 fully saturated rings. The van der Waals surface area contributed by atoms with Crippen LogP contribution in [0.1, 0.15) is 0 Å². The van der Waals surface area contributed by atoms with E-state index in [-0.39, 0.29) is 22.8 Å². The lowest BCUT2D eigenvalue weighted by Gasteiger charge is -2.13. The van der Waals surface area contributed by atoms with Crippen LogP contribution >= 0.6 is 22.7 Å². The predicted molar refractivity (Wildman–Crippen MR) is 98.2 cm³/mol. The first-order valence-corrected chi connectivity index (χ1v) is 9.11. The average Bonchev–Trinajstić information content (AvgIpc) is 3.05. The van der Waals surface area contributed by atoms with Gasteiger partial charge in [-0.25, -0.2) is 0 Å². The first kappa shape index (κ1) is 15.3. The highest BCUT2D eigenvalue weighted by atomic mass is 32.1. The fourth-order valence-electron chi connectivity index (χ4n) is 2.85. The van der Waals surface area contributed by atoms with Gasteiger partial charge in [0.2, 0.25) is 0 Å². The second-order valence-corrected chi connectivity index (χ2v) is 7.53. The molecule has 0 unspecified atom stereocenters. The summed E-state index contributed by atoms with van der Waals surface area (Å²) in [6.07, 6.45) is -0.823. The minimum Gasteiger partial charge on any atom is -0.389 e. The van der Waals surface area contributed by atoms with Gasteiger partial charge in [0, 0.05) is 0 Å². The van der Waals surface area contributed by atoms with Crippen LogP contribution in [0.4, 0.5) is 0 Å². The molecule has 0 atom stereocenters. The highest BCUT2D eigenvalue weighted by Crippen LogP contribution is 2.19. The molecule has 5 nitrogen and oxygen atoms in total.